The Morgan fingerprint density at radius 2 is 1.61 bits per heavy atom. The van der Waals surface area contributed by atoms with Crippen LogP contribution in [0.5, 0.6) is 0 Å². The van der Waals surface area contributed by atoms with Crippen molar-refractivity contribution in [1.29, 1.82) is 0 Å². The minimum atomic E-state index is -2.53. The van der Waals surface area contributed by atoms with Gasteiger partial charge in [-0.05, 0) is 39.0 Å². The Kier molecular flexibility index (Phi) is 11.0. The fourth-order valence-corrected chi connectivity index (χ4v) is 7.36. The summed E-state index contributed by atoms with van der Waals surface area (Å²) in [5.74, 6) is 0.749. The molecule has 1 unspecified atom stereocenters. The van der Waals surface area contributed by atoms with Crippen LogP contribution in [0.25, 0.3) is 0 Å². The Bertz CT molecular complexity index is 247. The Morgan fingerprint density at radius 1 is 1.17 bits per heavy atom. The predicted molar refractivity (Wildman–Crippen MR) is 88.0 cm³/mol. The summed E-state index contributed by atoms with van der Waals surface area (Å²) in [6, 6.07) is 0.749. The third kappa shape index (κ3) is 9.33. The summed E-state index contributed by atoms with van der Waals surface area (Å²) >= 11 is 10.2. The van der Waals surface area contributed by atoms with Gasteiger partial charge >= 0.3 is 8.80 Å². The Hall–Kier alpha value is 1.41. The molecule has 0 saturated heterocycles. The van der Waals surface area contributed by atoms with Gasteiger partial charge in [0.25, 0.3) is 0 Å². The van der Waals surface area contributed by atoms with Crippen molar-refractivity contribution in [3.63, 3.8) is 0 Å². The van der Waals surface area contributed by atoms with Crippen LogP contribution in [0.1, 0.15) is 27.2 Å². The maximum atomic E-state index is 9.43. The number of thiol groups is 1. The summed E-state index contributed by atoms with van der Waals surface area (Å²) in [5.41, 5.74) is 0. The number of rotatable bonds is 11. The Morgan fingerprint density at radius 3 is 1.94 bits per heavy atom. The van der Waals surface area contributed by atoms with Gasteiger partial charge in [-0.2, -0.15) is 0 Å². The molecule has 0 amide bonds. The first-order valence-electron chi connectivity index (χ1n) is 6.01. The van der Waals surface area contributed by atoms with Crippen LogP contribution in [0.4, 0.5) is 0 Å². The van der Waals surface area contributed by atoms with E-state index in [0.717, 1.165) is 18.2 Å². The maximum absolute atomic E-state index is 9.43. The van der Waals surface area contributed by atoms with Gasteiger partial charge in [0, 0.05) is 31.6 Å². The topological polar surface area (TPSA) is 47.9 Å². The first-order chi connectivity index (χ1) is 8.39. The van der Waals surface area contributed by atoms with Crippen LogP contribution < -0.4 is 0 Å². The molecule has 18 heavy (non-hydrogen) atoms. The normalized spacial score (nSPS) is 15.6. The van der Waals surface area contributed by atoms with Gasteiger partial charge in [0.2, 0.25) is 0 Å². The van der Waals surface area contributed by atoms with Crippen LogP contribution in [0.2, 0.25) is 6.04 Å². The van der Waals surface area contributed by atoms with Gasteiger partial charge in [0.1, 0.15) is 0 Å². The fourth-order valence-electron chi connectivity index (χ4n) is 1.47. The third-order valence-electron chi connectivity index (χ3n) is 1.98. The van der Waals surface area contributed by atoms with Crippen LogP contribution in [0, 0.1) is 0 Å². The van der Waals surface area contributed by atoms with E-state index in [2.05, 4.69) is 12.2 Å². The molecular formula is C9H23O4PS3Si. The minimum absolute atomic E-state index is 0.587. The van der Waals surface area contributed by atoms with Crippen molar-refractivity contribution in [2.45, 2.75) is 33.2 Å². The third-order valence-corrected chi connectivity index (χ3v) is 9.48. The molecule has 1 atom stereocenters. The van der Waals surface area contributed by atoms with Crippen molar-refractivity contribution in [3.8, 4) is 0 Å². The monoisotopic (exact) mass is 350 g/mol. The molecule has 0 heterocycles. The van der Waals surface area contributed by atoms with Crippen molar-refractivity contribution >= 4 is 48.9 Å². The largest absolute Gasteiger partial charge is 0.500 e. The summed E-state index contributed by atoms with van der Waals surface area (Å²) in [6.45, 7) is 7.58. The van der Waals surface area contributed by atoms with E-state index >= 15 is 0 Å². The van der Waals surface area contributed by atoms with Crippen molar-refractivity contribution < 1.29 is 18.2 Å². The van der Waals surface area contributed by atoms with Gasteiger partial charge in [-0.15, -0.1) is 12.2 Å². The molecule has 0 rings (SSSR count). The van der Waals surface area contributed by atoms with Crippen LogP contribution in [0.15, 0.2) is 0 Å². The van der Waals surface area contributed by atoms with E-state index in [0.29, 0.717) is 19.8 Å². The first-order valence-corrected chi connectivity index (χ1v) is 13.4. The van der Waals surface area contributed by atoms with Gasteiger partial charge < -0.3 is 18.2 Å². The zero-order chi connectivity index (χ0) is 14.1. The number of hydrogen-bond donors (Lipinski definition) is 2. The maximum Gasteiger partial charge on any atom is 0.500 e. The lowest BCUT2D eigenvalue weighted by Crippen LogP contribution is -2.46. The standard InChI is InChI=1S/C9H23O4PS3Si/c1-4-11-18(12-5-2,13-6-3)9-7-8-17-14(10,15)16/h4-9H2,1-3H3,(H2,10,15,16). The summed E-state index contributed by atoms with van der Waals surface area (Å²) in [6.07, 6.45) is 0.844. The van der Waals surface area contributed by atoms with Crippen LogP contribution in [0.3, 0.4) is 0 Å². The molecular weight excluding hydrogens is 327 g/mol. The van der Waals surface area contributed by atoms with Crippen LogP contribution in [-0.2, 0) is 25.1 Å². The van der Waals surface area contributed by atoms with Crippen molar-refractivity contribution in [2.24, 2.45) is 0 Å². The van der Waals surface area contributed by atoms with E-state index in [9.17, 15) is 4.89 Å². The van der Waals surface area contributed by atoms with E-state index in [1.165, 1.54) is 11.4 Å². The second-order valence-corrected chi connectivity index (χ2v) is 15.8. The van der Waals surface area contributed by atoms with Gasteiger partial charge in [-0.25, -0.2) is 0 Å². The lowest BCUT2D eigenvalue weighted by molar-refractivity contribution is 0.0712. The van der Waals surface area contributed by atoms with E-state index < -0.39 is 13.5 Å². The van der Waals surface area contributed by atoms with Crippen LogP contribution >= 0.6 is 28.3 Å². The lowest BCUT2D eigenvalue weighted by Gasteiger charge is -2.28. The first kappa shape index (κ1) is 19.4. The average molecular weight is 351 g/mol. The van der Waals surface area contributed by atoms with E-state index in [1.807, 2.05) is 20.8 Å². The molecule has 1 N–H and O–H groups in total. The van der Waals surface area contributed by atoms with E-state index in [-0.39, 0.29) is 0 Å². The lowest BCUT2D eigenvalue weighted by atomic mass is 10.6. The Balaban J connectivity index is 4.25. The minimum Gasteiger partial charge on any atom is -0.374 e. The van der Waals surface area contributed by atoms with Crippen molar-refractivity contribution in [2.75, 3.05) is 25.6 Å². The van der Waals surface area contributed by atoms with Crippen molar-refractivity contribution in [3.05, 3.63) is 0 Å². The summed E-state index contributed by atoms with van der Waals surface area (Å²) in [7, 11) is -2.53. The second-order valence-electron chi connectivity index (χ2n) is 3.41. The van der Waals surface area contributed by atoms with Gasteiger partial charge in [-0.3, -0.25) is 0 Å². The van der Waals surface area contributed by atoms with E-state index in [4.69, 9.17) is 25.1 Å². The second kappa shape index (κ2) is 10.2. The number of hydrogen-bond acceptors (Lipinski definition) is 5. The van der Waals surface area contributed by atoms with Gasteiger partial charge in [0.15, 0.2) is 4.67 Å². The van der Waals surface area contributed by atoms with Crippen molar-refractivity contribution in [1.82, 2.24) is 0 Å². The molecule has 0 saturated carbocycles. The zero-order valence-electron chi connectivity index (χ0n) is 11.1. The SMILES string of the molecule is CCO[Si](CCCSP(O)(=S)S)(OCC)OCC. The molecule has 0 aromatic carbocycles. The molecule has 0 fully saturated rings. The molecule has 0 aliphatic carbocycles. The molecule has 0 spiro atoms. The quantitative estimate of drug-likeness (QED) is 0.258. The summed E-state index contributed by atoms with van der Waals surface area (Å²) in [5, 5.41) is 0. The highest BCUT2D eigenvalue weighted by molar-refractivity contribution is 8.94. The molecule has 0 aromatic rings. The molecule has 0 aliphatic rings. The highest BCUT2D eigenvalue weighted by atomic mass is 33.2. The fraction of sp³-hybridized carbons (Fsp3) is 1.00. The smallest absolute Gasteiger partial charge is 0.374 e. The molecule has 0 aromatic heterocycles. The molecule has 0 bridgehead atoms. The Labute approximate surface area is 126 Å². The summed E-state index contributed by atoms with van der Waals surface area (Å²) < 4.78 is 14.7. The summed E-state index contributed by atoms with van der Waals surface area (Å²) in [4.78, 5) is 9.43. The molecule has 110 valence electrons. The van der Waals surface area contributed by atoms with Gasteiger partial charge in [0.05, 0.1) is 0 Å². The zero-order valence-corrected chi connectivity index (χ0v) is 15.5. The molecule has 0 radical (unpaired) electrons. The molecule has 9 heteroatoms. The average Bonchev–Trinajstić information content (AvgIpc) is 2.24. The van der Waals surface area contributed by atoms with Gasteiger partial charge in [-0.1, -0.05) is 11.4 Å². The molecule has 4 nitrogen and oxygen atoms in total. The predicted octanol–water partition coefficient (Wildman–Crippen LogP) is 3.30. The van der Waals surface area contributed by atoms with E-state index in [1.54, 1.807) is 0 Å². The highest BCUT2D eigenvalue weighted by Gasteiger charge is 2.39. The highest BCUT2D eigenvalue weighted by Crippen LogP contribution is 2.59. The molecule has 0 aliphatic heterocycles. The van der Waals surface area contributed by atoms with Crippen LogP contribution in [-0.4, -0.2) is 39.3 Å².